The Hall–Kier alpha value is -2.40. The number of aromatic nitrogens is 1. The van der Waals surface area contributed by atoms with Crippen LogP contribution in [0, 0.1) is 0 Å². The molecule has 3 rings (SSSR count). The van der Waals surface area contributed by atoms with E-state index in [1.807, 2.05) is 12.1 Å². The number of nitrogens with one attached hydrogen (secondary N) is 1. The van der Waals surface area contributed by atoms with Gasteiger partial charge in [0.25, 0.3) is 5.91 Å². The Morgan fingerprint density at radius 3 is 2.67 bits per heavy atom. The summed E-state index contributed by atoms with van der Waals surface area (Å²) in [5.74, 6) is -0.285. The first-order valence-corrected chi connectivity index (χ1v) is 8.21. The summed E-state index contributed by atoms with van der Waals surface area (Å²) in [6, 6.07) is 8.77. The van der Waals surface area contributed by atoms with E-state index in [0.29, 0.717) is 23.6 Å². The van der Waals surface area contributed by atoms with Crippen molar-refractivity contribution in [1.29, 1.82) is 0 Å². The van der Waals surface area contributed by atoms with E-state index in [4.69, 9.17) is 11.6 Å². The lowest BCUT2D eigenvalue weighted by Crippen LogP contribution is -2.44. The van der Waals surface area contributed by atoms with Crippen LogP contribution in [0.4, 0.5) is 0 Å². The quantitative estimate of drug-likeness (QED) is 0.932. The zero-order valence-corrected chi connectivity index (χ0v) is 14.1. The number of likely N-dealkylation sites (N-methyl/N-ethyl adjacent to an activating group) is 1. The number of pyridine rings is 1. The summed E-state index contributed by atoms with van der Waals surface area (Å²) in [6.07, 6.45) is 4.77. The number of benzene rings is 1. The molecule has 0 bridgehead atoms. The topological polar surface area (TPSA) is 62.3 Å². The molecule has 1 aliphatic rings. The minimum absolute atomic E-state index is 0.123. The van der Waals surface area contributed by atoms with Crippen molar-refractivity contribution < 1.29 is 9.59 Å². The van der Waals surface area contributed by atoms with Gasteiger partial charge in [0.1, 0.15) is 6.04 Å². The summed E-state index contributed by atoms with van der Waals surface area (Å²) >= 11 is 5.91. The second kappa shape index (κ2) is 7.01. The smallest absolute Gasteiger partial charge is 0.256 e. The monoisotopic (exact) mass is 343 g/mol. The van der Waals surface area contributed by atoms with Crippen LogP contribution in [0.2, 0.25) is 5.02 Å². The first-order valence-electron chi connectivity index (χ1n) is 7.83. The third kappa shape index (κ3) is 3.26. The number of likely N-dealkylation sites (tertiary alicyclic amines) is 1. The second-order valence-corrected chi connectivity index (χ2v) is 6.18. The van der Waals surface area contributed by atoms with Crippen LogP contribution < -0.4 is 5.32 Å². The van der Waals surface area contributed by atoms with Crippen LogP contribution in [0.25, 0.3) is 11.1 Å². The summed E-state index contributed by atoms with van der Waals surface area (Å²) in [4.78, 5) is 30.6. The van der Waals surface area contributed by atoms with Crippen molar-refractivity contribution in [3.05, 3.63) is 53.3 Å². The van der Waals surface area contributed by atoms with E-state index in [-0.39, 0.29) is 11.8 Å². The predicted octanol–water partition coefficient (Wildman–Crippen LogP) is 2.75. The summed E-state index contributed by atoms with van der Waals surface area (Å²) in [5, 5.41) is 3.28. The second-order valence-electron chi connectivity index (χ2n) is 5.74. The highest BCUT2D eigenvalue weighted by Gasteiger charge is 2.34. The highest BCUT2D eigenvalue weighted by molar-refractivity contribution is 6.30. The molecule has 6 heteroatoms. The number of amides is 2. The molecule has 1 aromatic carbocycles. The summed E-state index contributed by atoms with van der Waals surface area (Å²) in [5.41, 5.74) is 2.26. The van der Waals surface area contributed by atoms with Gasteiger partial charge < -0.3 is 10.2 Å². The molecule has 1 aromatic heterocycles. The van der Waals surface area contributed by atoms with Crippen molar-refractivity contribution >= 4 is 23.4 Å². The number of hydrogen-bond donors (Lipinski definition) is 1. The molecule has 1 fully saturated rings. The molecule has 2 aromatic rings. The molecule has 1 atom stereocenters. The van der Waals surface area contributed by atoms with Crippen molar-refractivity contribution in [2.75, 3.05) is 13.6 Å². The van der Waals surface area contributed by atoms with Crippen molar-refractivity contribution in [3.8, 4) is 11.1 Å². The summed E-state index contributed by atoms with van der Waals surface area (Å²) < 4.78 is 0. The maximum Gasteiger partial charge on any atom is 0.256 e. The molecule has 0 saturated carbocycles. The van der Waals surface area contributed by atoms with E-state index < -0.39 is 6.04 Å². The first-order chi connectivity index (χ1) is 11.6. The van der Waals surface area contributed by atoms with Crippen molar-refractivity contribution in [2.24, 2.45) is 0 Å². The van der Waals surface area contributed by atoms with Gasteiger partial charge in [-0.3, -0.25) is 14.6 Å². The van der Waals surface area contributed by atoms with Gasteiger partial charge in [-0.25, -0.2) is 0 Å². The number of hydrogen-bond acceptors (Lipinski definition) is 3. The van der Waals surface area contributed by atoms with Gasteiger partial charge in [-0.15, -0.1) is 0 Å². The van der Waals surface area contributed by atoms with Crippen molar-refractivity contribution in [1.82, 2.24) is 15.2 Å². The van der Waals surface area contributed by atoms with E-state index in [1.54, 1.807) is 42.5 Å². The third-order valence-electron chi connectivity index (χ3n) is 4.23. The molecule has 0 radical (unpaired) electrons. The Kier molecular flexibility index (Phi) is 4.81. The van der Waals surface area contributed by atoms with Crippen LogP contribution in [0.5, 0.6) is 0 Å². The lowest BCUT2D eigenvalue weighted by atomic mass is 10.1. The standard InChI is InChI=1S/C18H18ClN3O2/c1-20-17(23)16-3-2-8-22(16)18(24)14-9-13(10-21-11-14)12-4-6-15(19)7-5-12/h4-7,9-11,16H,2-3,8H2,1H3,(H,20,23). The van der Waals surface area contributed by atoms with Gasteiger partial charge in [-0.05, 0) is 36.6 Å². The lowest BCUT2D eigenvalue weighted by molar-refractivity contribution is -0.124. The van der Waals surface area contributed by atoms with Crippen LogP contribution in [-0.2, 0) is 4.79 Å². The SMILES string of the molecule is CNC(=O)C1CCCN1C(=O)c1cncc(-c2ccc(Cl)cc2)c1. The fourth-order valence-electron chi connectivity index (χ4n) is 2.97. The molecule has 1 unspecified atom stereocenters. The Morgan fingerprint density at radius 2 is 1.96 bits per heavy atom. The number of halogens is 1. The van der Waals surface area contributed by atoms with Crippen molar-refractivity contribution in [2.45, 2.75) is 18.9 Å². The van der Waals surface area contributed by atoms with Gasteiger partial charge in [0.05, 0.1) is 5.56 Å². The number of carbonyl (C=O) groups is 2. The lowest BCUT2D eigenvalue weighted by Gasteiger charge is -2.23. The predicted molar refractivity (Wildman–Crippen MR) is 92.8 cm³/mol. The van der Waals surface area contributed by atoms with Crippen LogP contribution in [0.3, 0.4) is 0 Å². The minimum Gasteiger partial charge on any atom is -0.357 e. The van der Waals surface area contributed by atoms with Crippen LogP contribution in [-0.4, -0.2) is 41.3 Å². The van der Waals surface area contributed by atoms with E-state index in [0.717, 1.165) is 17.5 Å². The largest absolute Gasteiger partial charge is 0.357 e. The minimum atomic E-state index is -0.401. The summed E-state index contributed by atoms with van der Waals surface area (Å²) in [6.45, 7) is 0.585. The molecule has 2 heterocycles. The fourth-order valence-corrected chi connectivity index (χ4v) is 3.10. The number of carbonyl (C=O) groups excluding carboxylic acids is 2. The molecule has 124 valence electrons. The average molecular weight is 344 g/mol. The summed E-state index contributed by atoms with van der Waals surface area (Å²) in [7, 11) is 1.59. The van der Waals surface area contributed by atoms with Crippen LogP contribution >= 0.6 is 11.6 Å². The maximum absolute atomic E-state index is 12.8. The van der Waals surface area contributed by atoms with Gasteiger partial charge in [-0.2, -0.15) is 0 Å². The molecule has 0 spiro atoms. The zero-order valence-electron chi connectivity index (χ0n) is 13.3. The van der Waals surface area contributed by atoms with Gasteiger partial charge in [-0.1, -0.05) is 23.7 Å². The highest BCUT2D eigenvalue weighted by Crippen LogP contribution is 2.24. The third-order valence-corrected chi connectivity index (χ3v) is 4.48. The first kappa shape index (κ1) is 16.5. The maximum atomic E-state index is 12.8. The number of rotatable bonds is 3. The Labute approximate surface area is 145 Å². The van der Waals surface area contributed by atoms with E-state index in [2.05, 4.69) is 10.3 Å². The molecule has 5 nitrogen and oxygen atoms in total. The molecular formula is C18H18ClN3O2. The van der Waals surface area contributed by atoms with Crippen molar-refractivity contribution in [3.63, 3.8) is 0 Å². The number of nitrogens with zero attached hydrogens (tertiary/aromatic N) is 2. The highest BCUT2D eigenvalue weighted by atomic mass is 35.5. The Bertz CT molecular complexity index is 761. The van der Waals surface area contributed by atoms with E-state index in [1.165, 1.54) is 0 Å². The molecular weight excluding hydrogens is 326 g/mol. The normalized spacial score (nSPS) is 16.9. The Morgan fingerprint density at radius 1 is 1.21 bits per heavy atom. The zero-order chi connectivity index (χ0) is 17.1. The van der Waals surface area contributed by atoms with Gasteiger partial charge in [0.15, 0.2) is 0 Å². The van der Waals surface area contributed by atoms with Crippen LogP contribution in [0.1, 0.15) is 23.2 Å². The molecule has 1 N–H and O–H groups in total. The fraction of sp³-hybridized carbons (Fsp3) is 0.278. The van der Waals surface area contributed by atoms with Gasteiger partial charge >= 0.3 is 0 Å². The van der Waals surface area contributed by atoms with E-state index >= 15 is 0 Å². The van der Waals surface area contributed by atoms with Gasteiger partial charge in [0, 0.05) is 36.6 Å². The molecule has 0 aliphatic carbocycles. The molecule has 1 aliphatic heterocycles. The van der Waals surface area contributed by atoms with Crippen LogP contribution in [0.15, 0.2) is 42.7 Å². The molecule has 2 amide bonds. The Balaban J connectivity index is 1.87. The van der Waals surface area contributed by atoms with Gasteiger partial charge in [0.2, 0.25) is 5.91 Å². The molecule has 1 saturated heterocycles. The average Bonchev–Trinajstić information content (AvgIpc) is 3.11. The molecule has 24 heavy (non-hydrogen) atoms. The van der Waals surface area contributed by atoms with E-state index in [9.17, 15) is 9.59 Å².